The van der Waals surface area contributed by atoms with E-state index in [9.17, 15) is 0 Å². The average Bonchev–Trinajstić information content (AvgIpc) is 2.88. The lowest BCUT2D eigenvalue weighted by atomic mass is 9.92. The van der Waals surface area contributed by atoms with E-state index in [0.29, 0.717) is 17.5 Å². The van der Waals surface area contributed by atoms with Crippen LogP contribution < -0.4 is 5.73 Å². The van der Waals surface area contributed by atoms with Gasteiger partial charge in [-0.3, -0.25) is 0 Å². The highest BCUT2D eigenvalue weighted by molar-refractivity contribution is 6.36. The molecule has 3 N–H and O–H groups in total. The van der Waals surface area contributed by atoms with E-state index < -0.39 is 0 Å². The van der Waals surface area contributed by atoms with Crippen molar-refractivity contribution in [1.29, 1.82) is 0 Å². The van der Waals surface area contributed by atoms with Crippen LogP contribution in [-0.4, -0.2) is 9.97 Å². The first kappa shape index (κ1) is 14.1. The van der Waals surface area contributed by atoms with Crippen molar-refractivity contribution >= 4 is 22.6 Å². The number of benzene rings is 1. The van der Waals surface area contributed by atoms with Crippen LogP contribution in [0.1, 0.15) is 30.9 Å². The number of H-pyrrole nitrogens is 1. The first-order valence-corrected chi connectivity index (χ1v) is 7.44. The van der Waals surface area contributed by atoms with Gasteiger partial charge in [-0.25, -0.2) is 4.98 Å². The fourth-order valence-electron chi connectivity index (χ4n) is 2.74. The van der Waals surface area contributed by atoms with Gasteiger partial charge in [0.25, 0.3) is 0 Å². The number of aromatic nitrogens is 2. The number of rotatable bonds is 3. The Morgan fingerprint density at radius 2 is 2.10 bits per heavy atom. The Morgan fingerprint density at radius 3 is 2.81 bits per heavy atom. The lowest BCUT2D eigenvalue weighted by Gasteiger charge is -2.14. The molecule has 0 saturated carbocycles. The number of fused-ring (bicyclic) bond motifs is 1. The number of halogens is 1. The standard InChI is InChI=1S/C17H18ClN3/c1-10(2)14-7-11(3-4-12(14)8-19)13-5-6-20-17-16(13)15(18)9-21-17/h3-7,9-10H,8,19H2,1-2H3,(H,20,21). The first-order chi connectivity index (χ1) is 10.1. The summed E-state index contributed by atoms with van der Waals surface area (Å²) in [6, 6.07) is 8.43. The van der Waals surface area contributed by atoms with E-state index >= 15 is 0 Å². The lowest BCUT2D eigenvalue weighted by Crippen LogP contribution is -2.03. The molecule has 0 unspecified atom stereocenters. The zero-order chi connectivity index (χ0) is 15.0. The SMILES string of the molecule is CC(C)c1cc(-c2ccnc3[nH]cc(Cl)c23)ccc1CN. The highest BCUT2D eigenvalue weighted by atomic mass is 35.5. The molecule has 0 radical (unpaired) electrons. The highest BCUT2D eigenvalue weighted by Crippen LogP contribution is 2.34. The van der Waals surface area contributed by atoms with Gasteiger partial charge >= 0.3 is 0 Å². The fraction of sp³-hybridized carbons (Fsp3) is 0.235. The molecule has 3 aromatic rings. The summed E-state index contributed by atoms with van der Waals surface area (Å²) in [5, 5.41) is 1.66. The Kier molecular flexibility index (Phi) is 3.70. The molecule has 0 amide bonds. The average molecular weight is 300 g/mol. The van der Waals surface area contributed by atoms with Gasteiger partial charge in [0.2, 0.25) is 0 Å². The fourth-order valence-corrected chi connectivity index (χ4v) is 2.99. The smallest absolute Gasteiger partial charge is 0.139 e. The number of pyridine rings is 1. The molecular weight excluding hydrogens is 282 g/mol. The molecule has 0 aliphatic carbocycles. The van der Waals surface area contributed by atoms with Crippen LogP contribution in [0.5, 0.6) is 0 Å². The Bertz CT molecular complexity index is 790. The molecule has 2 heterocycles. The third-order valence-corrected chi connectivity index (χ3v) is 4.12. The van der Waals surface area contributed by atoms with Gasteiger partial charge in [0.15, 0.2) is 0 Å². The van der Waals surface area contributed by atoms with Crippen LogP contribution >= 0.6 is 11.6 Å². The molecule has 3 nitrogen and oxygen atoms in total. The number of nitrogens with one attached hydrogen (secondary N) is 1. The Labute approximate surface area is 129 Å². The minimum absolute atomic E-state index is 0.433. The van der Waals surface area contributed by atoms with Crippen molar-refractivity contribution in [2.24, 2.45) is 5.73 Å². The lowest BCUT2D eigenvalue weighted by molar-refractivity contribution is 0.840. The van der Waals surface area contributed by atoms with Crippen LogP contribution in [0.2, 0.25) is 5.02 Å². The Hall–Kier alpha value is -1.84. The van der Waals surface area contributed by atoms with E-state index in [0.717, 1.165) is 22.2 Å². The molecule has 2 aromatic heterocycles. The molecule has 0 bridgehead atoms. The molecule has 0 fully saturated rings. The van der Waals surface area contributed by atoms with Crippen LogP contribution in [0.4, 0.5) is 0 Å². The molecule has 0 saturated heterocycles. The van der Waals surface area contributed by atoms with Crippen molar-refractivity contribution in [1.82, 2.24) is 9.97 Å². The van der Waals surface area contributed by atoms with Crippen molar-refractivity contribution in [3.63, 3.8) is 0 Å². The van der Waals surface area contributed by atoms with Gasteiger partial charge in [-0.1, -0.05) is 43.6 Å². The highest BCUT2D eigenvalue weighted by Gasteiger charge is 2.12. The maximum absolute atomic E-state index is 6.30. The summed E-state index contributed by atoms with van der Waals surface area (Å²) in [6.07, 6.45) is 3.58. The zero-order valence-electron chi connectivity index (χ0n) is 12.2. The largest absolute Gasteiger partial charge is 0.345 e. The molecule has 1 aromatic carbocycles. The maximum Gasteiger partial charge on any atom is 0.139 e. The van der Waals surface area contributed by atoms with E-state index in [1.165, 1.54) is 11.1 Å². The monoisotopic (exact) mass is 299 g/mol. The molecule has 4 heteroatoms. The molecule has 0 spiro atoms. The Balaban J connectivity index is 2.23. The number of nitrogens with zero attached hydrogens (tertiary/aromatic N) is 1. The molecule has 0 atom stereocenters. The molecule has 0 aliphatic heterocycles. The second-order valence-corrected chi connectivity index (χ2v) is 5.90. The second-order valence-electron chi connectivity index (χ2n) is 5.49. The molecular formula is C17H18ClN3. The minimum Gasteiger partial charge on any atom is -0.345 e. The minimum atomic E-state index is 0.433. The predicted octanol–water partition coefficient (Wildman–Crippen LogP) is 4.47. The molecule has 108 valence electrons. The summed E-state index contributed by atoms with van der Waals surface area (Å²) < 4.78 is 0. The summed E-state index contributed by atoms with van der Waals surface area (Å²) in [7, 11) is 0. The van der Waals surface area contributed by atoms with Crippen LogP contribution in [0.15, 0.2) is 36.7 Å². The van der Waals surface area contributed by atoms with E-state index in [1.807, 2.05) is 6.07 Å². The number of nitrogens with two attached hydrogens (primary N) is 1. The van der Waals surface area contributed by atoms with Crippen LogP contribution in [0.3, 0.4) is 0 Å². The van der Waals surface area contributed by atoms with Gasteiger partial charge in [0.05, 0.1) is 5.02 Å². The molecule has 0 aliphatic rings. The maximum atomic E-state index is 6.30. The van der Waals surface area contributed by atoms with E-state index in [1.54, 1.807) is 12.4 Å². The van der Waals surface area contributed by atoms with Gasteiger partial charge in [0, 0.05) is 24.3 Å². The van der Waals surface area contributed by atoms with Gasteiger partial charge in [-0.2, -0.15) is 0 Å². The Morgan fingerprint density at radius 1 is 1.29 bits per heavy atom. The summed E-state index contributed by atoms with van der Waals surface area (Å²) in [5.41, 5.74) is 11.4. The predicted molar refractivity (Wildman–Crippen MR) is 88.5 cm³/mol. The summed E-state index contributed by atoms with van der Waals surface area (Å²) >= 11 is 6.30. The van der Waals surface area contributed by atoms with E-state index in [-0.39, 0.29) is 0 Å². The zero-order valence-corrected chi connectivity index (χ0v) is 12.9. The first-order valence-electron chi connectivity index (χ1n) is 7.06. The van der Waals surface area contributed by atoms with Gasteiger partial charge in [0.1, 0.15) is 5.65 Å². The van der Waals surface area contributed by atoms with Crippen molar-refractivity contribution < 1.29 is 0 Å². The number of hydrogen-bond acceptors (Lipinski definition) is 2. The van der Waals surface area contributed by atoms with Crippen LogP contribution in [0.25, 0.3) is 22.2 Å². The third-order valence-electron chi connectivity index (χ3n) is 3.82. The second kappa shape index (κ2) is 5.51. The van der Waals surface area contributed by atoms with Gasteiger partial charge < -0.3 is 10.7 Å². The molecule has 3 rings (SSSR count). The topological polar surface area (TPSA) is 54.7 Å². The van der Waals surface area contributed by atoms with Crippen molar-refractivity contribution in [3.8, 4) is 11.1 Å². The van der Waals surface area contributed by atoms with Crippen molar-refractivity contribution in [2.75, 3.05) is 0 Å². The quantitative estimate of drug-likeness (QED) is 0.750. The number of hydrogen-bond donors (Lipinski definition) is 2. The van der Waals surface area contributed by atoms with E-state index in [2.05, 4.69) is 42.0 Å². The van der Waals surface area contributed by atoms with Crippen molar-refractivity contribution in [3.05, 3.63) is 52.8 Å². The van der Waals surface area contributed by atoms with Gasteiger partial charge in [-0.15, -0.1) is 0 Å². The normalized spacial score (nSPS) is 11.5. The number of aromatic amines is 1. The van der Waals surface area contributed by atoms with Crippen LogP contribution in [-0.2, 0) is 6.54 Å². The molecule has 21 heavy (non-hydrogen) atoms. The van der Waals surface area contributed by atoms with E-state index in [4.69, 9.17) is 17.3 Å². The van der Waals surface area contributed by atoms with Gasteiger partial charge in [-0.05, 0) is 34.2 Å². The van der Waals surface area contributed by atoms with Crippen molar-refractivity contribution in [2.45, 2.75) is 26.3 Å². The summed E-state index contributed by atoms with van der Waals surface area (Å²) in [4.78, 5) is 7.41. The summed E-state index contributed by atoms with van der Waals surface area (Å²) in [5.74, 6) is 0.433. The third kappa shape index (κ3) is 2.43. The summed E-state index contributed by atoms with van der Waals surface area (Å²) in [6.45, 7) is 4.93. The van der Waals surface area contributed by atoms with Crippen LogP contribution in [0, 0.1) is 0 Å².